The summed E-state index contributed by atoms with van der Waals surface area (Å²) in [6.07, 6.45) is 4.92. The molecule has 3 aromatic heterocycles. The standard InChI is InChI=1S/C22H20N4OS/c1-12-7-8-16-13(10-12)11-15-19(23)20(28-22(15)26-16)21(27)25-18-6-2-5-17-14(18)4-3-9-24-17/h2-6,9,11-12H,7-8,10,23H2,1H3,(H,25,27). The Labute approximate surface area is 166 Å². The second-order valence-electron chi connectivity index (χ2n) is 7.47. The molecule has 0 saturated heterocycles. The van der Waals surface area contributed by atoms with Gasteiger partial charge < -0.3 is 11.1 Å². The molecule has 1 atom stereocenters. The molecule has 0 aliphatic heterocycles. The van der Waals surface area contributed by atoms with E-state index in [1.54, 1.807) is 6.20 Å². The van der Waals surface area contributed by atoms with E-state index in [1.165, 1.54) is 16.9 Å². The van der Waals surface area contributed by atoms with Crippen LogP contribution in [0.15, 0.2) is 42.6 Å². The number of anilines is 2. The number of hydrogen-bond acceptors (Lipinski definition) is 5. The first-order valence-electron chi connectivity index (χ1n) is 9.46. The monoisotopic (exact) mass is 388 g/mol. The van der Waals surface area contributed by atoms with Gasteiger partial charge in [-0.2, -0.15) is 0 Å². The highest BCUT2D eigenvalue weighted by molar-refractivity contribution is 7.21. The topological polar surface area (TPSA) is 80.9 Å². The number of carbonyl (C=O) groups is 1. The van der Waals surface area contributed by atoms with Gasteiger partial charge in [0.25, 0.3) is 5.91 Å². The molecule has 5 rings (SSSR count). The molecule has 1 amide bonds. The third-order valence-electron chi connectivity index (χ3n) is 5.43. The lowest BCUT2D eigenvalue weighted by atomic mass is 9.87. The van der Waals surface area contributed by atoms with Gasteiger partial charge in [-0.1, -0.05) is 13.0 Å². The summed E-state index contributed by atoms with van der Waals surface area (Å²) in [5.74, 6) is 0.456. The Morgan fingerprint density at radius 2 is 2.14 bits per heavy atom. The number of aryl methyl sites for hydroxylation is 1. The Balaban J connectivity index is 1.53. The molecule has 0 radical (unpaired) electrons. The maximum absolute atomic E-state index is 13.0. The molecule has 1 aliphatic carbocycles. The number of nitrogens with one attached hydrogen (secondary N) is 1. The summed E-state index contributed by atoms with van der Waals surface area (Å²) in [6, 6.07) is 11.6. The Bertz CT molecular complexity index is 1220. The van der Waals surface area contributed by atoms with Crippen LogP contribution in [-0.2, 0) is 12.8 Å². The minimum Gasteiger partial charge on any atom is -0.397 e. The number of benzene rings is 1. The van der Waals surface area contributed by atoms with Crippen molar-refractivity contribution in [3.05, 3.63) is 58.7 Å². The van der Waals surface area contributed by atoms with Crippen molar-refractivity contribution >= 4 is 49.7 Å². The van der Waals surface area contributed by atoms with E-state index in [2.05, 4.69) is 23.3 Å². The average molecular weight is 388 g/mol. The number of rotatable bonds is 2. The van der Waals surface area contributed by atoms with Gasteiger partial charge in [0.05, 0.1) is 16.9 Å². The minimum absolute atomic E-state index is 0.205. The first kappa shape index (κ1) is 17.1. The third kappa shape index (κ3) is 2.81. The van der Waals surface area contributed by atoms with Crippen LogP contribution >= 0.6 is 11.3 Å². The van der Waals surface area contributed by atoms with Gasteiger partial charge in [-0.15, -0.1) is 11.3 Å². The first-order valence-corrected chi connectivity index (χ1v) is 10.3. The lowest BCUT2D eigenvalue weighted by Crippen LogP contribution is -2.13. The van der Waals surface area contributed by atoms with E-state index in [0.717, 1.165) is 51.8 Å². The normalized spacial score (nSPS) is 16.2. The van der Waals surface area contributed by atoms with E-state index in [1.807, 2.05) is 30.3 Å². The van der Waals surface area contributed by atoms with Gasteiger partial charge in [-0.25, -0.2) is 4.98 Å². The van der Waals surface area contributed by atoms with Gasteiger partial charge in [-0.05, 0) is 61.1 Å². The highest BCUT2D eigenvalue weighted by Gasteiger charge is 2.22. The number of nitrogen functional groups attached to an aromatic ring is 1. The molecule has 28 heavy (non-hydrogen) atoms. The summed E-state index contributed by atoms with van der Waals surface area (Å²) < 4.78 is 0. The Morgan fingerprint density at radius 3 is 3.04 bits per heavy atom. The minimum atomic E-state index is -0.205. The number of carbonyl (C=O) groups excluding carboxylic acids is 1. The van der Waals surface area contributed by atoms with Gasteiger partial charge in [0.15, 0.2) is 0 Å². The van der Waals surface area contributed by atoms with Crippen LogP contribution in [0.25, 0.3) is 21.1 Å². The van der Waals surface area contributed by atoms with Crippen LogP contribution in [0, 0.1) is 5.92 Å². The quantitative estimate of drug-likeness (QED) is 0.517. The molecule has 1 aromatic carbocycles. The molecule has 0 bridgehead atoms. The molecule has 0 spiro atoms. The summed E-state index contributed by atoms with van der Waals surface area (Å²) in [6.45, 7) is 2.27. The number of nitrogens with zero attached hydrogens (tertiary/aromatic N) is 2. The summed E-state index contributed by atoms with van der Waals surface area (Å²) in [4.78, 5) is 23.5. The molecule has 3 heterocycles. The Hall–Kier alpha value is -2.99. The van der Waals surface area contributed by atoms with Gasteiger partial charge in [0.2, 0.25) is 0 Å². The van der Waals surface area contributed by atoms with Crippen LogP contribution in [0.2, 0.25) is 0 Å². The fraction of sp³-hybridized carbons (Fsp3) is 0.227. The van der Waals surface area contributed by atoms with Crippen molar-refractivity contribution in [2.75, 3.05) is 11.1 Å². The lowest BCUT2D eigenvalue weighted by molar-refractivity contribution is 0.103. The van der Waals surface area contributed by atoms with Crippen LogP contribution < -0.4 is 11.1 Å². The number of hydrogen-bond donors (Lipinski definition) is 2. The lowest BCUT2D eigenvalue weighted by Gasteiger charge is -2.20. The molecular formula is C22H20N4OS. The number of pyridine rings is 2. The van der Waals surface area contributed by atoms with Crippen LogP contribution in [0.5, 0.6) is 0 Å². The van der Waals surface area contributed by atoms with Crippen molar-refractivity contribution in [3.63, 3.8) is 0 Å². The van der Waals surface area contributed by atoms with Crippen LogP contribution in [0.1, 0.15) is 34.3 Å². The van der Waals surface area contributed by atoms with Crippen molar-refractivity contribution < 1.29 is 4.79 Å². The van der Waals surface area contributed by atoms with E-state index in [-0.39, 0.29) is 5.91 Å². The molecular weight excluding hydrogens is 368 g/mol. The largest absolute Gasteiger partial charge is 0.397 e. The zero-order valence-corrected chi connectivity index (χ0v) is 16.3. The van der Waals surface area contributed by atoms with E-state index in [9.17, 15) is 4.79 Å². The van der Waals surface area contributed by atoms with Crippen molar-refractivity contribution in [2.24, 2.45) is 5.92 Å². The predicted molar refractivity (Wildman–Crippen MR) is 115 cm³/mol. The Morgan fingerprint density at radius 1 is 1.25 bits per heavy atom. The van der Waals surface area contributed by atoms with Gasteiger partial charge >= 0.3 is 0 Å². The highest BCUT2D eigenvalue weighted by Crippen LogP contribution is 2.36. The second-order valence-corrected chi connectivity index (χ2v) is 8.47. The number of fused-ring (bicyclic) bond motifs is 3. The molecule has 1 unspecified atom stereocenters. The Kier molecular flexibility index (Phi) is 4.02. The highest BCUT2D eigenvalue weighted by atomic mass is 32.1. The van der Waals surface area contributed by atoms with E-state index >= 15 is 0 Å². The third-order valence-corrected chi connectivity index (χ3v) is 6.55. The molecule has 4 aromatic rings. The summed E-state index contributed by atoms with van der Waals surface area (Å²) in [5.41, 5.74) is 10.9. The fourth-order valence-corrected chi connectivity index (χ4v) is 4.92. The molecule has 3 N–H and O–H groups in total. The van der Waals surface area contributed by atoms with Gasteiger partial charge in [-0.3, -0.25) is 9.78 Å². The van der Waals surface area contributed by atoms with Gasteiger partial charge in [0, 0.05) is 22.7 Å². The zero-order chi connectivity index (χ0) is 19.3. The van der Waals surface area contributed by atoms with Crippen molar-refractivity contribution in [2.45, 2.75) is 26.2 Å². The maximum Gasteiger partial charge on any atom is 0.267 e. The van der Waals surface area contributed by atoms with E-state index < -0.39 is 0 Å². The van der Waals surface area contributed by atoms with E-state index in [0.29, 0.717) is 16.5 Å². The molecule has 0 fully saturated rings. The SMILES string of the molecule is CC1CCc2nc3sc(C(=O)Nc4cccc5ncccc45)c(N)c3cc2C1. The predicted octanol–water partition coefficient (Wildman–Crippen LogP) is 4.80. The van der Waals surface area contributed by atoms with Crippen molar-refractivity contribution in [3.8, 4) is 0 Å². The number of thiophene rings is 1. The molecule has 6 heteroatoms. The number of nitrogens with two attached hydrogens (primary N) is 1. The zero-order valence-electron chi connectivity index (χ0n) is 15.5. The molecule has 1 aliphatic rings. The summed E-state index contributed by atoms with van der Waals surface area (Å²) in [5, 5.41) is 4.80. The summed E-state index contributed by atoms with van der Waals surface area (Å²) in [7, 11) is 0. The molecule has 0 saturated carbocycles. The van der Waals surface area contributed by atoms with Crippen molar-refractivity contribution in [1.82, 2.24) is 9.97 Å². The van der Waals surface area contributed by atoms with Crippen LogP contribution in [0.3, 0.4) is 0 Å². The number of aromatic nitrogens is 2. The molecule has 5 nitrogen and oxygen atoms in total. The second kappa shape index (κ2) is 6.56. The fourth-order valence-electron chi connectivity index (χ4n) is 3.93. The average Bonchev–Trinajstić information content (AvgIpc) is 3.02. The van der Waals surface area contributed by atoms with Crippen LogP contribution in [-0.4, -0.2) is 15.9 Å². The summed E-state index contributed by atoms with van der Waals surface area (Å²) >= 11 is 1.37. The maximum atomic E-state index is 13.0. The van der Waals surface area contributed by atoms with Gasteiger partial charge in [0.1, 0.15) is 9.71 Å². The molecule has 140 valence electrons. The van der Waals surface area contributed by atoms with E-state index in [4.69, 9.17) is 10.7 Å². The van der Waals surface area contributed by atoms with Crippen molar-refractivity contribution in [1.29, 1.82) is 0 Å². The van der Waals surface area contributed by atoms with Crippen LogP contribution in [0.4, 0.5) is 11.4 Å². The first-order chi connectivity index (χ1) is 13.6. The smallest absolute Gasteiger partial charge is 0.267 e. The number of amides is 1.